The maximum Gasteiger partial charge on any atom is 0.183 e. The first kappa shape index (κ1) is 12.0. The summed E-state index contributed by atoms with van der Waals surface area (Å²) < 4.78 is 13.1. The van der Waals surface area contributed by atoms with Gasteiger partial charge in [-0.2, -0.15) is 0 Å². The van der Waals surface area contributed by atoms with Crippen molar-refractivity contribution in [1.29, 1.82) is 0 Å². The molecule has 0 saturated heterocycles. The molecule has 0 saturated carbocycles. The van der Waals surface area contributed by atoms with Crippen LogP contribution in [0.4, 0.5) is 9.52 Å². The van der Waals surface area contributed by atoms with Gasteiger partial charge in [0, 0.05) is 16.5 Å². The molecule has 0 radical (unpaired) electrons. The Morgan fingerprint density at radius 3 is 2.71 bits per heavy atom. The average Bonchev–Trinajstić information content (AvgIpc) is 2.63. The van der Waals surface area contributed by atoms with Gasteiger partial charge < -0.3 is 5.32 Å². The van der Waals surface area contributed by atoms with E-state index in [-0.39, 0.29) is 11.4 Å². The lowest BCUT2D eigenvalue weighted by molar-refractivity contribution is 0.628. The van der Waals surface area contributed by atoms with E-state index < -0.39 is 0 Å². The Morgan fingerprint density at radius 1 is 1.29 bits per heavy atom. The van der Waals surface area contributed by atoms with Gasteiger partial charge in [0.2, 0.25) is 0 Å². The normalized spacial score (nSPS) is 11.5. The monoisotopic (exact) mass is 250 g/mol. The number of anilines is 1. The molecule has 0 spiro atoms. The van der Waals surface area contributed by atoms with Crippen LogP contribution in [0.2, 0.25) is 0 Å². The second kappa shape index (κ2) is 4.45. The Balaban J connectivity index is 2.24. The highest BCUT2D eigenvalue weighted by Gasteiger charge is 2.12. The van der Waals surface area contributed by atoms with E-state index in [1.54, 1.807) is 6.07 Å². The van der Waals surface area contributed by atoms with Gasteiger partial charge in [0.25, 0.3) is 0 Å². The molecule has 0 atom stereocenters. The Labute approximate surface area is 105 Å². The van der Waals surface area contributed by atoms with Crippen LogP contribution in [-0.2, 0) is 0 Å². The lowest BCUT2D eigenvalue weighted by atomic mass is 10.1. The molecule has 0 aliphatic rings. The maximum absolute atomic E-state index is 13.1. The highest BCUT2D eigenvalue weighted by molar-refractivity contribution is 7.14. The summed E-state index contributed by atoms with van der Waals surface area (Å²) in [5.41, 5.74) is 1.60. The molecule has 1 aromatic heterocycles. The third kappa shape index (κ3) is 3.27. The van der Waals surface area contributed by atoms with Gasteiger partial charge in [-0.3, -0.25) is 0 Å². The first-order valence-corrected chi connectivity index (χ1v) is 6.32. The largest absolute Gasteiger partial charge is 0.357 e. The van der Waals surface area contributed by atoms with Gasteiger partial charge in [0.15, 0.2) is 5.13 Å². The minimum Gasteiger partial charge on any atom is -0.357 e. The fourth-order valence-electron chi connectivity index (χ4n) is 1.43. The minimum atomic E-state index is -0.235. The zero-order valence-corrected chi connectivity index (χ0v) is 10.9. The molecule has 1 N–H and O–H groups in total. The summed E-state index contributed by atoms with van der Waals surface area (Å²) in [5, 5.41) is 6.09. The zero-order valence-electron chi connectivity index (χ0n) is 10.1. The Kier molecular flexibility index (Phi) is 3.15. The van der Waals surface area contributed by atoms with Gasteiger partial charge in [0.1, 0.15) is 5.82 Å². The molecule has 0 fully saturated rings. The van der Waals surface area contributed by atoms with Gasteiger partial charge in [0.05, 0.1) is 5.69 Å². The van der Waals surface area contributed by atoms with Crippen molar-refractivity contribution in [2.75, 3.05) is 5.32 Å². The topological polar surface area (TPSA) is 24.9 Å². The van der Waals surface area contributed by atoms with E-state index in [1.165, 1.54) is 23.5 Å². The van der Waals surface area contributed by atoms with Crippen LogP contribution < -0.4 is 5.32 Å². The highest BCUT2D eigenvalue weighted by Crippen LogP contribution is 2.26. The summed E-state index contributed by atoms with van der Waals surface area (Å²) >= 11 is 1.53. The van der Waals surface area contributed by atoms with Crippen molar-refractivity contribution < 1.29 is 4.39 Å². The van der Waals surface area contributed by atoms with Crippen LogP contribution in [0, 0.1) is 5.82 Å². The zero-order chi connectivity index (χ0) is 12.5. The number of nitrogens with zero attached hydrogens (tertiary/aromatic N) is 1. The van der Waals surface area contributed by atoms with Gasteiger partial charge in [-0.05, 0) is 32.9 Å². The van der Waals surface area contributed by atoms with Crippen LogP contribution in [0.1, 0.15) is 20.8 Å². The summed E-state index contributed by atoms with van der Waals surface area (Å²) in [7, 11) is 0. The summed E-state index contributed by atoms with van der Waals surface area (Å²) in [6.07, 6.45) is 0. The number of hydrogen-bond acceptors (Lipinski definition) is 3. The fourth-order valence-corrected chi connectivity index (χ4v) is 2.36. The highest BCUT2D eigenvalue weighted by atomic mass is 32.1. The van der Waals surface area contributed by atoms with Gasteiger partial charge in [-0.1, -0.05) is 12.1 Å². The molecule has 0 aliphatic heterocycles. The third-order valence-corrected chi connectivity index (χ3v) is 2.86. The van der Waals surface area contributed by atoms with Gasteiger partial charge in [-0.15, -0.1) is 11.3 Å². The number of halogens is 1. The Bertz CT molecular complexity index is 514. The Hall–Kier alpha value is -1.42. The van der Waals surface area contributed by atoms with Crippen LogP contribution in [0.5, 0.6) is 0 Å². The molecule has 4 heteroatoms. The molecular formula is C13H15FN2S. The standard InChI is InChI=1S/C13H15FN2S/c1-13(2,3)16-12-15-11(8-17-12)9-5-4-6-10(14)7-9/h4-8H,1-3H3,(H,15,16). The summed E-state index contributed by atoms with van der Waals surface area (Å²) in [4.78, 5) is 4.45. The van der Waals surface area contributed by atoms with Gasteiger partial charge in [-0.25, -0.2) is 9.37 Å². The lowest BCUT2D eigenvalue weighted by Gasteiger charge is -2.19. The van der Waals surface area contributed by atoms with E-state index in [2.05, 4.69) is 31.1 Å². The summed E-state index contributed by atoms with van der Waals surface area (Å²) in [6.45, 7) is 6.24. The van der Waals surface area contributed by atoms with Crippen LogP contribution in [0.15, 0.2) is 29.6 Å². The van der Waals surface area contributed by atoms with E-state index >= 15 is 0 Å². The second-order valence-corrected chi connectivity index (χ2v) is 5.78. The van der Waals surface area contributed by atoms with Crippen LogP contribution in [0.25, 0.3) is 11.3 Å². The van der Waals surface area contributed by atoms with E-state index in [4.69, 9.17) is 0 Å². The second-order valence-electron chi connectivity index (χ2n) is 4.92. The van der Waals surface area contributed by atoms with Crippen LogP contribution in [-0.4, -0.2) is 10.5 Å². The molecule has 1 heterocycles. The number of thiazole rings is 1. The van der Waals surface area contributed by atoms with Crippen molar-refractivity contribution in [2.24, 2.45) is 0 Å². The SMILES string of the molecule is CC(C)(C)Nc1nc(-c2cccc(F)c2)cs1. The molecule has 1 aromatic carbocycles. The van der Waals surface area contributed by atoms with E-state index in [1.807, 2.05) is 11.4 Å². The molecule has 2 aromatic rings. The Morgan fingerprint density at radius 2 is 2.06 bits per heavy atom. The molecule has 0 unspecified atom stereocenters. The van der Waals surface area contributed by atoms with Crippen molar-refractivity contribution >= 4 is 16.5 Å². The quantitative estimate of drug-likeness (QED) is 0.865. The van der Waals surface area contributed by atoms with Gasteiger partial charge >= 0.3 is 0 Å². The van der Waals surface area contributed by atoms with Crippen molar-refractivity contribution in [2.45, 2.75) is 26.3 Å². The smallest absolute Gasteiger partial charge is 0.183 e. The molecule has 2 rings (SSSR count). The fraction of sp³-hybridized carbons (Fsp3) is 0.308. The maximum atomic E-state index is 13.1. The molecule has 0 amide bonds. The third-order valence-electron chi connectivity index (χ3n) is 2.11. The van der Waals surface area contributed by atoms with Crippen molar-refractivity contribution in [3.8, 4) is 11.3 Å². The van der Waals surface area contributed by atoms with Crippen LogP contribution >= 0.6 is 11.3 Å². The lowest BCUT2D eigenvalue weighted by Crippen LogP contribution is -2.25. The van der Waals surface area contributed by atoms with Crippen LogP contribution in [0.3, 0.4) is 0 Å². The van der Waals surface area contributed by atoms with Crippen molar-refractivity contribution in [3.63, 3.8) is 0 Å². The average molecular weight is 250 g/mol. The first-order chi connectivity index (χ1) is 7.94. The number of nitrogens with one attached hydrogen (secondary N) is 1. The van der Waals surface area contributed by atoms with E-state index in [0.717, 1.165) is 16.4 Å². The first-order valence-electron chi connectivity index (χ1n) is 5.44. The van der Waals surface area contributed by atoms with Crippen molar-refractivity contribution in [1.82, 2.24) is 4.98 Å². The minimum absolute atomic E-state index is 0.0168. The van der Waals surface area contributed by atoms with Crippen molar-refractivity contribution in [3.05, 3.63) is 35.5 Å². The number of aromatic nitrogens is 1. The molecule has 17 heavy (non-hydrogen) atoms. The van der Waals surface area contributed by atoms with E-state index in [9.17, 15) is 4.39 Å². The molecule has 0 bridgehead atoms. The summed E-state index contributed by atoms with van der Waals surface area (Å²) in [5.74, 6) is -0.235. The molecule has 2 nitrogen and oxygen atoms in total. The number of rotatable bonds is 2. The predicted molar refractivity (Wildman–Crippen MR) is 70.9 cm³/mol. The molecular weight excluding hydrogens is 235 g/mol. The summed E-state index contributed by atoms with van der Waals surface area (Å²) in [6, 6.07) is 6.49. The molecule has 90 valence electrons. The predicted octanol–water partition coefficient (Wildman–Crippen LogP) is 4.16. The van der Waals surface area contributed by atoms with E-state index in [0.29, 0.717) is 0 Å². The number of hydrogen-bond donors (Lipinski definition) is 1. The molecule has 0 aliphatic carbocycles. The number of benzene rings is 1.